The Balaban J connectivity index is 1.79. The molecule has 0 aliphatic rings. The Morgan fingerprint density at radius 2 is 1.60 bits per heavy atom. The van der Waals surface area contributed by atoms with Gasteiger partial charge in [-0.3, -0.25) is 4.79 Å². The van der Waals surface area contributed by atoms with Crippen molar-refractivity contribution in [2.45, 2.75) is 6.18 Å². The number of rotatable bonds is 7. The van der Waals surface area contributed by atoms with Crippen molar-refractivity contribution in [3.05, 3.63) is 87.4 Å². The molecule has 0 saturated carbocycles. The highest BCUT2D eigenvalue weighted by atomic mass is 35.5. The predicted octanol–water partition coefficient (Wildman–Crippen LogP) is 6.02. The first-order valence-electron chi connectivity index (χ1n) is 10.1. The Kier molecular flexibility index (Phi) is 8.03. The number of benzene rings is 3. The van der Waals surface area contributed by atoms with Crippen LogP contribution in [0.15, 0.2) is 59.7 Å². The molecule has 3 rings (SSSR count). The summed E-state index contributed by atoms with van der Waals surface area (Å²) in [6.45, 7) is 0. The quantitative estimate of drug-likeness (QED) is 0.234. The van der Waals surface area contributed by atoms with E-state index in [1.165, 1.54) is 50.8 Å². The van der Waals surface area contributed by atoms with Gasteiger partial charge in [0.25, 0.3) is 5.91 Å². The molecule has 0 radical (unpaired) electrons. The van der Waals surface area contributed by atoms with Crippen molar-refractivity contribution >= 4 is 35.9 Å². The van der Waals surface area contributed by atoms with Gasteiger partial charge in [0.1, 0.15) is 17.2 Å². The first-order valence-corrected chi connectivity index (χ1v) is 10.4. The van der Waals surface area contributed by atoms with E-state index in [0.29, 0.717) is 28.2 Å². The maximum Gasteiger partial charge on any atom is 0.416 e. The van der Waals surface area contributed by atoms with Crippen molar-refractivity contribution in [3.8, 4) is 17.2 Å². The van der Waals surface area contributed by atoms with Crippen molar-refractivity contribution in [2.24, 2.45) is 5.10 Å². The molecule has 182 valence electrons. The topological polar surface area (TPSA) is 80.2 Å². The molecule has 0 saturated heterocycles. The summed E-state index contributed by atoms with van der Waals surface area (Å²) in [7, 11) is 2.92. The van der Waals surface area contributed by atoms with Crippen molar-refractivity contribution in [1.82, 2.24) is 5.43 Å². The molecule has 10 heteroatoms. The molecule has 35 heavy (non-hydrogen) atoms. The van der Waals surface area contributed by atoms with E-state index in [-0.39, 0.29) is 16.3 Å². The Hall–Kier alpha value is -3.98. The summed E-state index contributed by atoms with van der Waals surface area (Å²) in [5, 5.41) is 13.4. The van der Waals surface area contributed by atoms with E-state index >= 15 is 0 Å². The van der Waals surface area contributed by atoms with Crippen LogP contribution in [-0.2, 0) is 6.18 Å². The van der Waals surface area contributed by atoms with Crippen LogP contribution < -0.4 is 14.9 Å². The molecule has 0 heterocycles. The summed E-state index contributed by atoms with van der Waals surface area (Å²) in [5.74, 6) is 0.174. The van der Waals surface area contributed by atoms with Crippen LogP contribution in [0.1, 0.15) is 32.6 Å². The monoisotopic (exact) mass is 504 g/mol. The van der Waals surface area contributed by atoms with E-state index in [1.54, 1.807) is 24.3 Å². The van der Waals surface area contributed by atoms with Crippen LogP contribution in [0.4, 0.5) is 13.2 Å². The minimum Gasteiger partial charge on any atom is -0.506 e. The zero-order valence-corrected chi connectivity index (χ0v) is 19.3. The number of alkyl halides is 3. The predicted molar refractivity (Wildman–Crippen MR) is 128 cm³/mol. The van der Waals surface area contributed by atoms with Gasteiger partial charge in [-0.25, -0.2) is 5.43 Å². The highest BCUT2D eigenvalue weighted by molar-refractivity contribution is 6.32. The fourth-order valence-electron chi connectivity index (χ4n) is 3.04. The van der Waals surface area contributed by atoms with Crippen LogP contribution in [0.3, 0.4) is 0 Å². The lowest BCUT2D eigenvalue weighted by Crippen LogP contribution is -2.17. The van der Waals surface area contributed by atoms with Crippen LogP contribution in [0.5, 0.6) is 17.2 Å². The van der Waals surface area contributed by atoms with E-state index in [0.717, 1.165) is 12.1 Å². The van der Waals surface area contributed by atoms with Crippen LogP contribution in [0.2, 0.25) is 5.02 Å². The molecule has 0 fully saturated rings. The molecule has 3 aromatic carbocycles. The van der Waals surface area contributed by atoms with Gasteiger partial charge in [0.15, 0.2) is 0 Å². The first kappa shape index (κ1) is 25.6. The van der Waals surface area contributed by atoms with Crippen molar-refractivity contribution < 1.29 is 32.5 Å². The number of amides is 1. The maximum atomic E-state index is 12.8. The number of hydrogen-bond donors (Lipinski definition) is 2. The van der Waals surface area contributed by atoms with Crippen LogP contribution >= 0.6 is 11.6 Å². The summed E-state index contributed by atoms with van der Waals surface area (Å²) >= 11 is 5.81. The number of hydrazone groups is 1. The number of phenolic OH excluding ortho intramolecular Hbond substituents is 1. The van der Waals surface area contributed by atoms with Gasteiger partial charge in [0, 0.05) is 11.1 Å². The van der Waals surface area contributed by atoms with Crippen molar-refractivity contribution in [3.63, 3.8) is 0 Å². The zero-order valence-electron chi connectivity index (χ0n) is 18.6. The summed E-state index contributed by atoms with van der Waals surface area (Å²) in [5.41, 5.74) is 3.52. The summed E-state index contributed by atoms with van der Waals surface area (Å²) in [6, 6.07) is 12.1. The van der Waals surface area contributed by atoms with E-state index in [9.17, 15) is 23.1 Å². The lowest BCUT2D eigenvalue weighted by atomic mass is 10.1. The van der Waals surface area contributed by atoms with Crippen molar-refractivity contribution in [2.75, 3.05) is 14.2 Å². The average molecular weight is 505 g/mol. The second kappa shape index (κ2) is 11.0. The third kappa shape index (κ3) is 6.54. The standard InChI is InChI=1S/C25H20ClF3N2O4/c1-34-22-11-16(14-30-31-24(33)17-6-10-21(32)20(26)13-17)12-23(35-2)19(22)9-5-15-3-7-18(8-4-15)25(27,28)29/h3-14,32H,1-2H3,(H,31,33)/b9-5+,30-14+. The number of methoxy groups -OCH3 is 2. The number of ether oxygens (including phenoxy) is 2. The molecule has 0 bridgehead atoms. The molecule has 0 unspecified atom stereocenters. The number of nitrogens with one attached hydrogen (secondary N) is 1. The van der Waals surface area contributed by atoms with Crippen LogP contribution in [0, 0.1) is 0 Å². The fourth-order valence-corrected chi connectivity index (χ4v) is 3.22. The zero-order chi connectivity index (χ0) is 25.6. The molecule has 3 aromatic rings. The number of phenols is 1. The summed E-state index contributed by atoms with van der Waals surface area (Å²) < 4.78 is 49.1. The van der Waals surface area contributed by atoms with E-state index in [2.05, 4.69) is 10.5 Å². The second-order valence-corrected chi connectivity index (χ2v) is 7.56. The molecule has 0 aromatic heterocycles. The van der Waals surface area contributed by atoms with Gasteiger partial charge in [-0.1, -0.05) is 29.8 Å². The number of carbonyl (C=O) groups excluding carboxylic acids is 1. The summed E-state index contributed by atoms with van der Waals surface area (Å²) in [4.78, 5) is 12.2. The highest BCUT2D eigenvalue weighted by Crippen LogP contribution is 2.33. The maximum absolute atomic E-state index is 12.8. The van der Waals surface area contributed by atoms with Crippen LogP contribution in [-0.4, -0.2) is 31.4 Å². The lowest BCUT2D eigenvalue weighted by molar-refractivity contribution is -0.137. The number of carbonyl (C=O) groups is 1. The van der Waals surface area contributed by atoms with Crippen LogP contribution in [0.25, 0.3) is 12.2 Å². The molecule has 0 spiro atoms. The van der Waals surface area contributed by atoms with E-state index in [1.807, 2.05) is 0 Å². The van der Waals surface area contributed by atoms with E-state index < -0.39 is 17.6 Å². The molecular weight excluding hydrogens is 485 g/mol. The largest absolute Gasteiger partial charge is 0.506 e. The van der Waals surface area contributed by atoms with E-state index in [4.69, 9.17) is 21.1 Å². The van der Waals surface area contributed by atoms with Crippen molar-refractivity contribution in [1.29, 1.82) is 0 Å². The third-order valence-corrected chi connectivity index (χ3v) is 5.14. The minimum atomic E-state index is -4.40. The smallest absolute Gasteiger partial charge is 0.416 e. The van der Waals surface area contributed by atoms with Gasteiger partial charge in [0.2, 0.25) is 0 Å². The SMILES string of the molecule is COc1cc(/C=N/NC(=O)c2ccc(O)c(Cl)c2)cc(OC)c1/C=C/c1ccc(C(F)(F)F)cc1. The van der Waals surface area contributed by atoms with Gasteiger partial charge in [0.05, 0.1) is 36.6 Å². The fraction of sp³-hybridized carbons (Fsp3) is 0.120. The van der Waals surface area contributed by atoms with Gasteiger partial charge < -0.3 is 14.6 Å². The first-order chi connectivity index (χ1) is 16.6. The minimum absolute atomic E-state index is 0.0380. The number of nitrogens with zero attached hydrogens (tertiary/aromatic N) is 1. The van der Waals surface area contributed by atoms with Gasteiger partial charge in [-0.15, -0.1) is 0 Å². The lowest BCUT2D eigenvalue weighted by Gasteiger charge is -2.12. The Labute approximate surface area is 204 Å². The molecule has 2 N–H and O–H groups in total. The molecular formula is C25H20ClF3N2O4. The second-order valence-electron chi connectivity index (χ2n) is 7.16. The Morgan fingerprint density at radius 3 is 2.14 bits per heavy atom. The molecule has 1 amide bonds. The Morgan fingerprint density at radius 1 is 0.971 bits per heavy atom. The third-order valence-electron chi connectivity index (χ3n) is 4.84. The normalized spacial score (nSPS) is 11.7. The number of hydrogen-bond acceptors (Lipinski definition) is 5. The van der Waals surface area contributed by atoms with Gasteiger partial charge >= 0.3 is 6.18 Å². The number of halogens is 4. The molecule has 0 aliphatic heterocycles. The molecule has 0 atom stereocenters. The average Bonchev–Trinajstić information content (AvgIpc) is 2.83. The highest BCUT2D eigenvalue weighted by Gasteiger charge is 2.29. The Bertz CT molecular complexity index is 1250. The van der Waals surface area contributed by atoms with Gasteiger partial charge in [-0.05, 0) is 54.1 Å². The molecule has 0 aliphatic carbocycles. The number of aromatic hydroxyl groups is 1. The molecule has 6 nitrogen and oxygen atoms in total. The van der Waals surface area contributed by atoms with Gasteiger partial charge in [-0.2, -0.15) is 18.3 Å². The summed E-state index contributed by atoms with van der Waals surface area (Å²) in [6.07, 6.45) is 0.284.